The second kappa shape index (κ2) is 7.32. The topological polar surface area (TPSA) is 57.4 Å². The Morgan fingerprint density at radius 1 is 1.46 bits per heavy atom. The number of nitrogens with one attached hydrogen (secondary N) is 2. The van der Waals surface area contributed by atoms with Crippen molar-refractivity contribution in [1.82, 2.24) is 15.2 Å². The summed E-state index contributed by atoms with van der Waals surface area (Å²) < 4.78 is 19.0. The lowest BCUT2D eigenvalue weighted by Crippen LogP contribution is -2.48. The Balaban J connectivity index is 1.56. The monoisotopic (exact) mass is 333 g/mol. The summed E-state index contributed by atoms with van der Waals surface area (Å²) in [5.41, 5.74) is 1.18. The fraction of sp³-hybridized carbons (Fsp3) is 0.500. The van der Waals surface area contributed by atoms with Gasteiger partial charge >= 0.3 is 0 Å². The summed E-state index contributed by atoms with van der Waals surface area (Å²) in [4.78, 5) is 17.7. The first-order valence-electron chi connectivity index (χ1n) is 8.41. The smallest absolute Gasteiger partial charge is 0.267 e. The van der Waals surface area contributed by atoms with Crippen LogP contribution in [-0.2, 0) is 4.74 Å². The molecule has 130 valence electrons. The van der Waals surface area contributed by atoms with E-state index in [-0.39, 0.29) is 17.8 Å². The molecule has 1 amide bonds. The van der Waals surface area contributed by atoms with Crippen LogP contribution < -0.4 is 5.32 Å². The first kappa shape index (κ1) is 16.9. The predicted molar refractivity (Wildman–Crippen MR) is 91.6 cm³/mol. The van der Waals surface area contributed by atoms with Gasteiger partial charge in [0, 0.05) is 37.1 Å². The Labute approximate surface area is 141 Å². The molecule has 0 aliphatic carbocycles. The fourth-order valence-corrected chi connectivity index (χ4v) is 3.11. The van der Waals surface area contributed by atoms with Crippen LogP contribution in [-0.4, -0.2) is 54.7 Å². The molecule has 1 saturated heterocycles. The Hall–Kier alpha value is -1.92. The van der Waals surface area contributed by atoms with Crippen LogP contribution in [0.1, 0.15) is 24.3 Å². The maximum Gasteiger partial charge on any atom is 0.267 e. The lowest BCUT2D eigenvalue weighted by Gasteiger charge is -2.33. The molecule has 6 heteroatoms. The summed E-state index contributed by atoms with van der Waals surface area (Å²) in [5.74, 6) is 0.107. The molecule has 1 aliphatic heterocycles. The highest BCUT2D eigenvalue weighted by Crippen LogP contribution is 2.16. The number of halogens is 1. The van der Waals surface area contributed by atoms with Crippen molar-refractivity contribution in [3.05, 3.63) is 35.8 Å². The molecule has 1 aromatic carbocycles. The first-order valence-corrected chi connectivity index (χ1v) is 8.41. The van der Waals surface area contributed by atoms with Crippen LogP contribution in [0.3, 0.4) is 0 Å². The normalized spacial score (nSPS) is 19.1. The van der Waals surface area contributed by atoms with Crippen molar-refractivity contribution < 1.29 is 13.9 Å². The van der Waals surface area contributed by atoms with Crippen LogP contribution in [0.5, 0.6) is 0 Å². The van der Waals surface area contributed by atoms with Gasteiger partial charge in [-0.2, -0.15) is 0 Å². The second-order valence-corrected chi connectivity index (χ2v) is 6.77. The van der Waals surface area contributed by atoms with Crippen molar-refractivity contribution in [3.63, 3.8) is 0 Å². The number of ether oxygens (including phenoxy) is 1. The third-order valence-corrected chi connectivity index (χ3v) is 4.16. The highest BCUT2D eigenvalue weighted by Gasteiger charge is 2.21. The van der Waals surface area contributed by atoms with E-state index in [9.17, 15) is 9.18 Å². The SMILES string of the molecule is CC(C)CN1CCO[C@H](CNC(=O)c2cc3cc(F)ccc3[nH]2)C1. The molecule has 0 spiro atoms. The number of aromatic amines is 1. The number of hydrogen-bond acceptors (Lipinski definition) is 3. The van der Waals surface area contributed by atoms with Crippen molar-refractivity contribution in [2.45, 2.75) is 20.0 Å². The summed E-state index contributed by atoms with van der Waals surface area (Å²) in [5, 5.41) is 3.59. The van der Waals surface area contributed by atoms with E-state index in [1.807, 2.05) is 0 Å². The minimum absolute atomic E-state index is 0.00303. The van der Waals surface area contributed by atoms with Gasteiger partial charge in [-0.05, 0) is 30.2 Å². The lowest BCUT2D eigenvalue weighted by atomic mass is 10.2. The molecular weight excluding hydrogens is 309 g/mol. The van der Waals surface area contributed by atoms with E-state index in [0.717, 1.165) is 25.2 Å². The zero-order valence-corrected chi connectivity index (χ0v) is 14.1. The average Bonchev–Trinajstić information content (AvgIpc) is 2.95. The molecule has 2 aromatic rings. The maximum atomic E-state index is 13.2. The minimum atomic E-state index is -0.311. The van der Waals surface area contributed by atoms with Crippen molar-refractivity contribution in [2.75, 3.05) is 32.8 Å². The van der Waals surface area contributed by atoms with Gasteiger partial charge in [-0.25, -0.2) is 4.39 Å². The highest BCUT2D eigenvalue weighted by atomic mass is 19.1. The zero-order valence-electron chi connectivity index (χ0n) is 14.1. The summed E-state index contributed by atoms with van der Waals surface area (Å²) >= 11 is 0. The number of carbonyl (C=O) groups excluding carboxylic acids is 1. The molecular formula is C18H24FN3O2. The highest BCUT2D eigenvalue weighted by molar-refractivity contribution is 5.98. The number of carbonyl (C=O) groups is 1. The largest absolute Gasteiger partial charge is 0.374 e. The molecule has 0 unspecified atom stereocenters. The Kier molecular flexibility index (Phi) is 5.16. The number of benzene rings is 1. The molecule has 1 aromatic heterocycles. The van der Waals surface area contributed by atoms with Crippen LogP contribution in [0.15, 0.2) is 24.3 Å². The summed E-state index contributed by atoms with van der Waals surface area (Å²) in [6.45, 7) is 8.38. The fourth-order valence-electron chi connectivity index (χ4n) is 3.11. The number of amides is 1. The Morgan fingerprint density at radius 3 is 3.08 bits per heavy atom. The van der Waals surface area contributed by atoms with Crippen LogP contribution in [0.25, 0.3) is 10.9 Å². The number of fused-ring (bicyclic) bond motifs is 1. The van der Waals surface area contributed by atoms with Gasteiger partial charge in [-0.15, -0.1) is 0 Å². The van der Waals surface area contributed by atoms with E-state index >= 15 is 0 Å². The van der Waals surface area contributed by atoms with Gasteiger partial charge in [0.1, 0.15) is 11.5 Å². The number of nitrogens with zero attached hydrogens (tertiary/aromatic N) is 1. The first-order chi connectivity index (χ1) is 11.5. The van der Waals surface area contributed by atoms with Crippen molar-refractivity contribution in [1.29, 1.82) is 0 Å². The molecule has 1 atom stereocenters. The summed E-state index contributed by atoms with van der Waals surface area (Å²) in [7, 11) is 0. The van der Waals surface area contributed by atoms with E-state index in [1.54, 1.807) is 12.1 Å². The van der Waals surface area contributed by atoms with Crippen molar-refractivity contribution in [3.8, 4) is 0 Å². The molecule has 1 fully saturated rings. The van der Waals surface area contributed by atoms with Gasteiger partial charge in [-0.3, -0.25) is 9.69 Å². The molecule has 2 N–H and O–H groups in total. The maximum absolute atomic E-state index is 13.2. The van der Waals surface area contributed by atoms with Gasteiger partial charge in [0.15, 0.2) is 0 Å². The van der Waals surface area contributed by atoms with Crippen LogP contribution in [0, 0.1) is 11.7 Å². The summed E-state index contributed by atoms with van der Waals surface area (Å²) in [6.07, 6.45) is 0.00303. The lowest BCUT2D eigenvalue weighted by molar-refractivity contribution is -0.0295. The van der Waals surface area contributed by atoms with E-state index in [1.165, 1.54) is 12.1 Å². The van der Waals surface area contributed by atoms with Crippen LogP contribution in [0.2, 0.25) is 0 Å². The summed E-state index contributed by atoms with van der Waals surface area (Å²) in [6, 6.07) is 6.09. The van der Waals surface area contributed by atoms with Crippen LogP contribution >= 0.6 is 0 Å². The number of hydrogen-bond donors (Lipinski definition) is 2. The molecule has 1 aliphatic rings. The van der Waals surface area contributed by atoms with E-state index in [0.29, 0.717) is 30.1 Å². The standard InChI is InChI=1S/C18H24FN3O2/c1-12(2)10-22-5-6-24-15(11-22)9-20-18(23)17-8-13-7-14(19)3-4-16(13)21-17/h3-4,7-8,12,15,21H,5-6,9-11H2,1-2H3,(H,20,23)/t15-/m1/s1. The number of morpholine rings is 1. The predicted octanol–water partition coefficient (Wildman–Crippen LogP) is 2.39. The third-order valence-electron chi connectivity index (χ3n) is 4.16. The van der Waals surface area contributed by atoms with Gasteiger partial charge < -0.3 is 15.0 Å². The number of aromatic nitrogens is 1. The van der Waals surface area contributed by atoms with Crippen LogP contribution in [0.4, 0.5) is 4.39 Å². The number of rotatable bonds is 5. The second-order valence-electron chi connectivity index (χ2n) is 6.77. The van der Waals surface area contributed by atoms with Crippen molar-refractivity contribution >= 4 is 16.8 Å². The quantitative estimate of drug-likeness (QED) is 0.883. The van der Waals surface area contributed by atoms with E-state index < -0.39 is 0 Å². The molecule has 0 radical (unpaired) electrons. The Morgan fingerprint density at radius 2 is 2.29 bits per heavy atom. The van der Waals surface area contributed by atoms with E-state index in [4.69, 9.17) is 4.74 Å². The molecule has 0 bridgehead atoms. The van der Waals surface area contributed by atoms with Crippen molar-refractivity contribution in [2.24, 2.45) is 5.92 Å². The zero-order chi connectivity index (χ0) is 17.1. The van der Waals surface area contributed by atoms with Gasteiger partial charge in [-0.1, -0.05) is 13.8 Å². The van der Waals surface area contributed by atoms with Gasteiger partial charge in [0.25, 0.3) is 5.91 Å². The molecule has 2 heterocycles. The third kappa shape index (κ3) is 4.13. The molecule has 0 saturated carbocycles. The van der Waals surface area contributed by atoms with Gasteiger partial charge in [0.2, 0.25) is 0 Å². The molecule has 5 nitrogen and oxygen atoms in total. The average molecular weight is 333 g/mol. The van der Waals surface area contributed by atoms with E-state index in [2.05, 4.69) is 29.0 Å². The van der Waals surface area contributed by atoms with Gasteiger partial charge in [0.05, 0.1) is 12.7 Å². The minimum Gasteiger partial charge on any atom is -0.374 e. The molecule has 24 heavy (non-hydrogen) atoms. The molecule has 3 rings (SSSR count). The Bertz CT molecular complexity index is 713. The number of H-pyrrole nitrogens is 1.